The Morgan fingerprint density at radius 3 is 2.40 bits per heavy atom. The van der Waals surface area contributed by atoms with Gasteiger partial charge in [-0.1, -0.05) is 19.1 Å². The Bertz CT molecular complexity index is 465. The molecular formula is C16H25N3O. The van der Waals surface area contributed by atoms with Crippen LogP contribution >= 0.6 is 0 Å². The number of rotatable bonds is 3. The van der Waals surface area contributed by atoms with Crippen LogP contribution in [0.2, 0.25) is 0 Å². The Hall–Kier alpha value is -1.55. The zero-order valence-electron chi connectivity index (χ0n) is 12.7. The Labute approximate surface area is 121 Å². The summed E-state index contributed by atoms with van der Waals surface area (Å²) in [5.41, 5.74) is 8.34. The summed E-state index contributed by atoms with van der Waals surface area (Å²) >= 11 is 0. The summed E-state index contributed by atoms with van der Waals surface area (Å²) in [5.74, 6) is 0.0874. The van der Waals surface area contributed by atoms with Crippen LogP contribution in [0.15, 0.2) is 24.3 Å². The third-order valence-corrected chi connectivity index (χ3v) is 4.14. The van der Waals surface area contributed by atoms with Gasteiger partial charge in [-0.25, -0.2) is 0 Å². The van der Waals surface area contributed by atoms with E-state index < -0.39 is 0 Å². The molecule has 1 aromatic rings. The molecule has 0 radical (unpaired) electrons. The lowest BCUT2D eigenvalue weighted by Gasteiger charge is -2.37. The third-order valence-electron chi connectivity index (χ3n) is 4.14. The zero-order chi connectivity index (χ0) is 14.7. The van der Waals surface area contributed by atoms with E-state index in [0.29, 0.717) is 0 Å². The first kappa shape index (κ1) is 14.9. The smallest absolute Gasteiger partial charge is 0.227 e. The Morgan fingerprint density at radius 1 is 1.20 bits per heavy atom. The first-order valence-corrected chi connectivity index (χ1v) is 7.35. The fourth-order valence-corrected chi connectivity index (χ4v) is 2.52. The number of anilines is 1. The molecule has 2 atom stereocenters. The van der Waals surface area contributed by atoms with E-state index in [1.807, 2.05) is 18.7 Å². The third kappa shape index (κ3) is 3.31. The van der Waals surface area contributed by atoms with Gasteiger partial charge >= 0.3 is 0 Å². The van der Waals surface area contributed by atoms with E-state index in [-0.39, 0.29) is 17.9 Å². The number of nitrogens with zero attached hydrogens (tertiary/aromatic N) is 2. The second-order valence-corrected chi connectivity index (χ2v) is 5.80. The van der Waals surface area contributed by atoms with Gasteiger partial charge in [-0.05, 0) is 31.5 Å². The van der Waals surface area contributed by atoms with E-state index in [4.69, 9.17) is 5.73 Å². The molecule has 0 saturated carbocycles. The fourth-order valence-electron chi connectivity index (χ4n) is 2.52. The molecule has 0 aromatic heterocycles. The SMILES string of the molecule is Cc1cccc(N2CCN(C(=O)C(C)C(C)N)CC2)c1. The first-order chi connectivity index (χ1) is 9.49. The quantitative estimate of drug-likeness (QED) is 0.912. The molecule has 2 N–H and O–H groups in total. The van der Waals surface area contributed by atoms with Gasteiger partial charge < -0.3 is 15.5 Å². The predicted octanol–water partition coefficient (Wildman–Crippen LogP) is 1.63. The molecule has 0 bridgehead atoms. The summed E-state index contributed by atoms with van der Waals surface area (Å²) in [7, 11) is 0. The number of amides is 1. The number of benzene rings is 1. The summed E-state index contributed by atoms with van der Waals surface area (Å²) in [6, 6.07) is 8.43. The second-order valence-electron chi connectivity index (χ2n) is 5.80. The summed E-state index contributed by atoms with van der Waals surface area (Å²) in [4.78, 5) is 16.5. The molecule has 110 valence electrons. The van der Waals surface area contributed by atoms with Gasteiger partial charge in [-0.2, -0.15) is 0 Å². The van der Waals surface area contributed by atoms with Crippen molar-refractivity contribution >= 4 is 11.6 Å². The van der Waals surface area contributed by atoms with Gasteiger partial charge in [0.15, 0.2) is 0 Å². The first-order valence-electron chi connectivity index (χ1n) is 7.35. The van der Waals surface area contributed by atoms with Crippen molar-refractivity contribution in [2.24, 2.45) is 11.7 Å². The van der Waals surface area contributed by atoms with Gasteiger partial charge in [0.25, 0.3) is 0 Å². The van der Waals surface area contributed by atoms with E-state index in [2.05, 4.69) is 36.1 Å². The van der Waals surface area contributed by atoms with Crippen molar-refractivity contribution in [3.05, 3.63) is 29.8 Å². The normalized spacial score (nSPS) is 18.8. The summed E-state index contributed by atoms with van der Waals surface area (Å²) in [5, 5.41) is 0. The summed E-state index contributed by atoms with van der Waals surface area (Å²) in [6.45, 7) is 9.26. The van der Waals surface area contributed by atoms with Gasteiger partial charge in [0.05, 0.1) is 5.92 Å². The molecule has 0 aliphatic carbocycles. The standard InChI is InChI=1S/C16H25N3O/c1-12-5-4-6-15(11-12)18-7-9-19(10-8-18)16(20)13(2)14(3)17/h4-6,11,13-14H,7-10,17H2,1-3H3. The van der Waals surface area contributed by atoms with Crippen molar-refractivity contribution < 1.29 is 4.79 Å². The molecule has 1 aromatic carbocycles. The van der Waals surface area contributed by atoms with Crippen LogP contribution < -0.4 is 10.6 Å². The summed E-state index contributed by atoms with van der Waals surface area (Å²) < 4.78 is 0. The Balaban J connectivity index is 1.94. The topological polar surface area (TPSA) is 49.6 Å². The van der Waals surface area contributed by atoms with Crippen molar-refractivity contribution in [2.45, 2.75) is 26.8 Å². The van der Waals surface area contributed by atoms with Crippen LogP contribution in [-0.4, -0.2) is 43.0 Å². The van der Waals surface area contributed by atoms with E-state index in [1.165, 1.54) is 11.3 Å². The Morgan fingerprint density at radius 2 is 1.85 bits per heavy atom. The molecule has 20 heavy (non-hydrogen) atoms. The van der Waals surface area contributed by atoms with Gasteiger partial charge in [0, 0.05) is 37.9 Å². The molecule has 1 amide bonds. The summed E-state index contributed by atoms with van der Waals surface area (Å²) in [6.07, 6.45) is 0. The van der Waals surface area contributed by atoms with E-state index in [1.54, 1.807) is 0 Å². The molecule has 0 spiro atoms. The number of piperazine rings is 1. The zero-order valence-corrected chi connectivity index (χ0v) is 12.7. The highest BCUT2D eigenvalue weighted by molar-refractivity contribution is 5.79. The minimum atomic E-state index is -0.0967. The number of carbonyl (C=O) groups excluding carboxylic acids is 1. The molecule has 4 nitrogen and oxygen atoms in total. The van der Waals surface area contributed by atoms with Crippen LogP contribution in [0.5, 0.6) is 0 Å². The minimum absolute atomic E-state index is 0.0858. The Kier molecular flexibility index (Phi) is 4.65. The van der Waals surface area contributed by atoms with Crippen LogP contribution in [-0.2, 0) is 4.79 Å². The average molecular weight is 275 g/mol. The lowest BCUT2D eigenvalue weighted by molar-refractivity contribution is -0.135. The van der Waals surface area contributed by atoms with Gasteiger partial charge in [0.1, 0.15) is 0 Å². The average Bonchev–Trinajstić information content (AvgIpc) is 2.46. The maximum atomic E-state index is 12.3. The van der Waals surface area contributed by atoms with Gasteiger partial charge in [-0.15, -0.1) is 0 Å². The number of carbonyl (C=O) groups is 1. The van der Waals surface area contributed by atoms with Crippen LogP contribution in [0.4, 0.5) is 5.69 Å². The van der Waals surface area contributed by atoms with E-state index in [9.17, 15) is 4.79 Å². The maximum Gasteiger partial charge on any atom is 0.227 e. The van der Waals surface area contributed by atoms with E-state index in [0.717, 1.165) is 26.2 Å². The second kappa shape index (κ2) is 6.27. The number of hydrogen-bond donors (Lipinski definition) is 1. The molecule has 2 unspecified atom stereocenters. The van der Waals surface area contributed by atoms with Crippen molar-refractivity contribution in [1.29, 1.82) is 0 Å². The lowest BCUT2D eigenvalue weighted by atomic mass is 10.0. The van der Waals surface area contributed by atoms with Crippen molar-refractivity contribution in [3.8, 4) is 0 Å². The molecule has 4 heteroatoms. The van der Waals surface area contributed by atoms with Gasteiger partial charge in [0.2, 0.25) is 5.91 Å². The molecule has 1 fully saturated rings. The molecule has 1 heterocycles. The number of hydrogen-bond acceptors (Lipinski definition) is 3. The minimum Gasteiger partial charge on any atom is -0.368 e. The monoisotopic (exact) mass is 275 g/mol. The van der Waals surface area contributed by atoms with Gasteiger partial charge in [-0.3, -0.25) is 4.79 Å². The van der Waals surface area contributed by atoms with E-state index >= 15 is 0 Å². The van der Waals surface area contributed by atoms with Crippen LogP contribution in [0.1, 0.15) is 19.4 Å². The van der Waals surface area contributed by atoms with Crippen LogP contribution in [0, 0.1) is 12.8 Å². The van der Waals surface area contributed by atoms with Crippen molar-refractivity contribution in [2.75, 3.05) is 31.1 Å². The van der Waals surface area contributed by atoms with Crippen LogP contribution in [0.25, 0.3) is 0 Å². The molecule has 1 saturated heterocycles. The highest BCUT2D eigenvalue weighted by Gasteiger charge is 2.26. The predicted molar refractivity (Wildman–Crippen MR) is 82.8 cm³/mol. The lowest BCUT2D eigenvalue weighted by Crippen LogP contribution is -2.52. The molecular weight excluding hydrogens is 250 g/mol. The van der Waals surface area contributed by atoms with Crippen molar-refractivity contribution in [1.82, 2.24) is 4.90 Å². The molecule has 1 aliphatic heterocycles. The van der Waals surface area contributed by atoms with Crippen molar-refractivity contribution in [3.63, 3.8) is 0 Å². The van der Waals surface area contributed by atoms with Crippen LogP contribution in [0.3, 0.4) is 0 Å². The molecule has 2 rings (SSSR count). The maximum absolute atomic E-state index is 12.3. The largest absolute Gasteiger partial charge is 0.368 e. The fraction of sp³-hybridized carbons (Fsp3) is 0.562. The highest BCUT2D eigenvalue weighted by atomic mass is 16.2. The highest BCUT2D eigenvalue weighted by Crippen LogP contribution is 2.18. The number of nitrogens with two attached hydrogens (primary N) is 1. The number of aryl methyl sites for hydroxylation is 1. The molecule has 1 aliphatic rings.